The van der Waals surface area contributed by atoms with E-state index in [1.165, 1.54) is 12.1 Å². The minimum atomic E-state index is -0.418. The molecular weight excluding hydrogens is 268 g/mol. The fraction of sp³-hybridized carbons (Fsp3) is 0.250. The summed E-state index contributed by atoms with van der Waals surface area (Å²) in [4.78, 5) is 10.2. The van der Waals surface area contributed by atoms with Gasteiger partial charge in [-0.1, -0.05) is 17.7 Å². The number of rotatable bonds is 5. The molecule has 0 heterocycles. The van der Waals surface area contributed by atoms with Crippen LogP contribution in [0.1, 0.15) is 29.7 Å². The van der Waals surface area contributed by atoms with Crippen molar-refractivity contribution in [3.05, 3.63) is 69.3 Å². The second kappa shape index (κ2) is 6.37. The molecule has 0 aromatic heterocycles. The summed E-state index contributed by atoms with van der Waals surface area (Å²) in [5.41, 5.74) is 8.98. The zero-order valence-electron chi connectivity index (χ0n) is 12.1. The number of ether oxygens (including phenoxy) is 1. The number of hydrogen-bond acceptors (Lipinski definition) is 4. The second-order valence-corrected chi connectivity index (χ2v) is 5.04. The predicted octanol–water partition coefficient (Wildman–Crippen LogP) is 3.50. The van der Waals surface area contributed by atoms with Gasteiger partial charge >= 0.3 is 0 Å². The first-order valence-electron chi connectivity index (χ1n) is 6.69. The van der Waals surface area contributed by atoms with E-state index in [1.807, 2.05) is 32.0 Å². The van der Waals surface area contributed by atoms with Crippen molar-refractivity contribution in [1.29, 1.82) is 0 Å². The number of hydrogen-bond donors (Lipinski definition) is 1. The van der Waals surface area contributed by atoms with Crippen molar-refractivity contribution in [3.8, 4) is 5.75 Å². The third-order valence-corrected chi connectivity index (χ3v) is 3.20. The van der Waals surface area contributed by atoms with Crippen molar-refractivity contribution < 1.29 is 9.66 Å². The fourth-order valence-electron chi connectivity index (χ4n) is 2.03. The molecule has 2 aromatic rings. The number of nitrogens with two attached hydrogens (primary N) is 1. The van der Waals surface area contributed by atoms with Gasteiger partial charge in [0.1, 0.15) is 12.4 Å². The monoisotopic (exact) mass is 286 g/mol. The van der Waals surface area contributed by atoms with Crippen LogP contribution in [0.2, 0.25) is 0 Å². The Morgan fingerprint density at radius 3 is 2.48 bits per heavy atom. The van der Waals surface area contributed by atoms with Crippen LogP contribution in [0.5, 0.6) is 5.75 Å². The second-order valence-electron chi connectivity index (χ2n) is 5.04. The van der Waals surface area contributed by atoms with Crippen LogP contribution in [-0.2, 0) is 6.61 Å². The Morgan fingerprint density at radius 1 is 1.24 bits per heavy atom. The summed E-state index contributed by atoms with van der Waals surface area (Å²) in [5, 5.41) is 10.6. The van der Waals surface area contributed by atoms with Gasteiger partial charge in [-0.25, -0.2) is 0 Å². The normalized spacial score (nSPS) is 12.0. The molecule has 0 spiro atoms. The molecule has 0 saturated carbocycles. The summed E-state index contributed by atoms with van der Waals surface area (Å²) < 4.78 is 5.79. The number of benzene rings is 2. The number of nitro groups is 1. The van der Waals surface area contributed by atoms with Gasteiger partial charge in [0.2, 0.25) is 0 Å². The van der Waals surface area contributed by atoms with Crippen LogP contribution >= 0.6 is 0 Å². The predicted molar refractivity (Wildman–Crippen MR) is 81.2 cm³/mol. The molecule has 0 aliphatic heterocycles. The first kappa shape index (κ1) is 15.0. The highest BCUT2D eigenvalue weighted by Gasteiger charge is 2.09. The van der Waals surface area contributed by atoms with Crippen molar-refractivity contribution in [2.75, 3.05) is 0 Å². The van der Waals surface area contributed by atoms with Crippen LogP contribution in [0.3, 0.4) is 0 Å². The Hall–Kier alpha value is -2.40. The van der Waals surface area contributed by atoms with Crippen LogP contribution in [0.4, 0.5) is 5.69 Å². The maximum absolute atomic E-state index is 10.6. The van der Waals surface area contributed by atoms with Crippen LogP contribution in [-0.4, -0.2) is 4.92 Å². The van der Waals surface area contributed by atoms with Crippen LogP contribution in [0, 0.1) is 17.0 Å². The van der Waals surface area contributed by atoms with E-state index in [-0.39, 0.29) is 11.7 Å². The summed E-state index contributed by atoms with van der Waals surface area (Å²) in [6, 6.07) is 12.1. The van der Waals surface area contributed by atoms with Crippen molar-refractivity contribution in [1.82, 2.24) is 0 Å². The molecule has 1 unspecified atom stereocenters. The van der Waals surface area contributed by atoms with Gasteiger partial charge in [-0.15, -0.1) is 0 Å². The summed E-state index contributed by atoms with van der Waals surface area (Å²) in [6.45, 7) is 4.26. The summed E-state index contributed by atoms with van der Waals surface area (Å²) >= 11 is 0. The average Bonchev–Trinajstić information content (AvgIpc) is 2.46. The minimum Gasteiger partial charge on any atom is -0.489 e. The molecule has 5 nitrogen and oxygen atoms in total. The van der Waals surface area contributed by atoms with E-state index in [0.29, 0.717) is 6.61 Å². The highest BCUT2D eigenvalue weighted by atomic mass is 16.6. The lowest BCUT2D eigenvalue weighted by molar-refractivity contribution is -0.384. The highest BCUT2D eigenvalue weighted by Crippen LogP contribution is 2.26. The van der Waals surface area contributed by atoms with Crippen LogP contribution < -0.4 is 10.5 Å². The molecular formula is C16H18N2O3. The topological polar surface area (TPSA) is 78.4 Å². The van der Waals surface area contributed by atoms with Gasteiger partial charge < -0.3 is 10.5 Å². The van der Waals surface area contributed by atoms with E-state index in [9.17, 15) is 10.1 Å². The van der Waals surface area contributed by atoms with E-state index in [2.05, 4.69) is 0 Å². The summed E-state index contributed by atoms with van der Waals surface area (Å²) in [6.07, 6.45) is 0. The molecule has 2 rings (SSSR count). The Labute approximate surface area is 123 Å². The lowest BCUT2D eigenvalue weighted by Crippen LogP contribution is -2.08. The molecule has 0 fully saturated rings. The van der Waals surface area contributed by atoms with Crippen molar-refractivity contribution in [3.63, 3.8) is 0 Å². The fourth-order valence-corrected chi connectivity index (χ4v) is 2.03. The highest BCUT2D eigenvalue weighted by molar-refractivity contribution is 5.39. The lowest BCUT2D eigenvalue weighted by atomic mass is 10.1. The molecule has 0 saturated heterocycles. The quantitative estimate of drug-likeness (QED) is 0.674. The largest absolute Gasteiger partial charge is 0.489 e. The number of nitrogens with zero attached hydrogens (tertiary/aromatic N) is 1. The van der Waals surface area contributed by atoms with Crippen LogP contribution in [0.25, 0.3) is 0 Å². The number of non-ortho nitro benzene ring substituents is 1. The van der Waals surface area contributed by atoms with Gasteiger partial charge in [0, 0.05) is 23.7 Å². The molecule has 2 aromatic carbocycles. The molecule has 110 valence electrons. The minimum absolute atomic E-state index is 0.0744. The first-order chi connectivity index (χ1) is 9.97. The van der Waals surface area contributed by atoms with Gasteiger partial charge in [0.15, 0.2) is 0 Å². The Balaban J connectivity index is 2.11. The summed E-state index contributed by atoms with van der Waals surface area (Å²) in [5.74, 6) is 0.744. The Morgan fingerprint density at radius 2 is 1.90 bits per heavy atom. The van der Waals surface area contributed by atoms with Crippen LogP contribution in [0.15, 0.2) is 42.5 Å². The van der Waals surface area contributed by atoms with Crippen molar-refractivity contribution >= 4 is 5.69 Å². The average molecular weight is 286 g/mol. The maximum atomic E-state index is 10.6. The lowest BCUT2D eigenvalue weighted by Gasteiger charge is -2.15. The molecule has 21 heavy (non-hydrogen) atoms. The number of nitro benzene ring substituents is 1. The SMILES string of the molecule is Cc1ccc(OCc2ccc([N+](=O)[O-])cc2)c(C(C)N)c1. The van der Waals surface area contributed by atoms with Crippen molar-refractivity contribution in [2.45, 2.75) is 26.5 Å². The molecule has 0 bridgehead atoms. The third-order valence-electron chi connectivity index (χ3n) is 3.20. The Bertz CT molecular complexity index is 636. The van der Waals surface area contributed by atoms with E-state index in [0.717, 1.165) is 22.4 Å². The van der Waals surface area contributed by atoms with Gasteiger partial charge in [-0.2, -0.15) is 0 Å². The van der Waals surface area contributed by atoms with Crippen molar-refractivity contribution in [2.24, 2.45) is 5.73 Å². The first-order valence-corrected chi connectivity index (χ1v) is 6.69. The smallest absolute Gasteiger partial charge is 0.269 e. The van der Waals surface area contributed by atoms with Gasteiger partial charge in [0.25, 0.3) is 5.69 Å². The van der Waals surface area contributed by atoms with E-state index in [4.69, 9.17) is 10.5 Å². The molecule has 0 radical (unpaired) electrons. The van der Waals surface area contributed by atoms with Gasteiger partial charge in [-0.05, 0) is 37.6 Å². The zero-order valence-corrected chi connectivity index (χ0v) is 12.1. The van der Waals surface area contributed by atoms with E-state index >= 15 is 0 Å². The summed E-state index contributed by atoms with van der Waals surface area (Å²) in [7, 11) is 0. The maximum Gasteiger partial charge on any atom is 0.269 e. The van der Waals surface area contributed by atoms with Gasteiger partial charge in [0.05, 0.1) is 4.92 Å². The molecule has 0 aliphatic rings. The molecule has 5 heteroatoms. The molecule has 0 amide bonds. The molecule has 2 N–H and O–H groups in total. The number of aryl methyl sites for hydroxylation is 1. The zero-order chi connectivity index (χ0) is 15.4. The van der Waals surface area contributed by atoms with Gasteiger partial charge in [-0.3, -0.25) is 10.1 Å². The Kier molecular flexibility index (Phi) is 4.55. The van der Waals surface area contributed by atoms with E-state index in [1.54, 1.807) is 12.1 Å². The third kappa shape index (κ3) is 3.79. The standard InChI is InChI=1S/C16H18N2O3/c1-11-3-8-16(15(9-11)12(2)17)21-10-13-4-6-14(7-5-13)18(19)20/h3-9,12H,10,17H2,1-2H3. The molecule has 1 atom stereocenters. The van der Waals surface area contributed by atoms with E-state index < -0.39 is 4.92 Å². The molecule has 0 aliphatic carbocycles.